The summed E-state index contributed by atoms with van der Waals surface area (Å²) in [6, 6.07) is 7.25. The zero-order valence-corrected chi connectivity index (χ0v) is 15.0. The van der Waals surface area contributed by atoms with Gasteiger partial charge >= 0.3 is 0 Å². The Morgan fingerprint density at radius 1 is 1.04 bits per heavy atom. The molecule has 7 heteroatoms. The van der Waals surface area contributed by atoms with E-state index in [4.69, 9.17) is 4.74 Å². The second-order valence-electron chi connectivity index (χ2n) is 5.98. The first-order chi connectivity index (χ1) is 11.9. The van der Waals surface area contributed by atoms with Gasteiger partial charge in [0, 0.05) is 53.0 Å². The van der Waals surface area contributed by atoms with Gasteiger partial charge in [0.25, 0.3) is 0 Å². The van der Waals surface area contributed by atoms with E-state index in [9.17, 15) is 14.4 Å². The van der Waals surface area contributed by atoms with Crippen LogP contribution in [-0.2, 0) is 14.4 Å². The van der Waals surface area contributed by atoms with Gasteiger partial charge in [-0.15, -0.1) is 0 Å². The third kappa shape index (κ3) is 4.71. The molecule has 136 valence electrons. The van der Waals surface area contributed by atoms with Crippen molar-refractivity contribution < 1.29 is 19.1 Å². The molecule has 0 unspecified atom stereocenters. The second kappa shape index (κ2) is 8.50. The number of methoxy groups -OCH3 is 1. The van der Waals surface area contributed by atoms with Crippen LogP contribution in [0.25, 0.3) is 0 Å². The number of ether oxygens (including phenoxy) is 1. The van der Waals surface area contributed by atoms with Crippen LogP contribution in [0.1, 0.15) is 20.3 Å². The van der Waals surface area contributed by atoms with Crippen LogP contribution < -0.4 is 9.64 Å². The minimum atomic E-state index is -0.140. The van der Waals surface area contributed by atoms with Crippen LogP contribution in [0, 0.1) is 0 Å². The van der Waals surface area contributed by atoms with Crippen molar-refractivity contribution in [2.45, 2.75) is 20.3 Å². The number of piperazine rings is 1. The van der Waals surface area contributed by atoms with E-state index in [1.165, 1.54) is 13.8 Å². The smallest absolute Gasteiger partial charge is 0.224 e. The molecule has 1 aliphatic heterocycles. The minimum Gasteiger partial charge on any atom is -0.495 e. The minimum absolute atomic E-state index is 0.00986. The van der Waals surface area contributed by atoms with Crippen molar-refractivity contribution in [1.29, 1.82) is 0 Å². The predicted octanol–water partition coefficient (Wildman–Crippen LogP) is 1.13. The molecule has 7 nitrogen and oxygen atoms in total. The third-order valence-electron chi connectivity index (χ3n) is 4.38. The lowest BCUT2D eigenvalue weighted by Gasteiger charge is -2.34. The number of nitrogens with zero attached hydrogens (tertiary/aromatic N) is 3. The molecule has 2 rings (SSSR count). The predicted molar refractivity (Wildman–Crippen MR) is 94.5 cm³/mol. The Hall–Kier alpha value is -2.57. The maximum Gasteiger partial charge on any atom is 0.224 e. The van der Waals surface area contributed by atoms with Gasteiger partial charge in [0.1, 0.15) is 5.75 Å². The van der Waals surface area contributed by atoms with E-state index in [1.807, 2.05) is 12.1 Å². The molecular weight excluding hydrogens is 322 g/mol. The highest BCUT2D eigenvalue weighted by molar-refractivity contribution is 5.93. The molecule has 1 aromatic rings. The van der Waals surface area contributed by atoms with Crippen molar-refractivity contribution in [3.63, 3.8) is 0 Å². The summed E-state index contributed by atoms with van der Waals surface area (Å²) in [5.74, 6) is 0.481. The summed E-state index contributed by atoms with van der Waals surface area (Å²) < 4.78 is 5.31. The van der Waals surface area contributed by atoms with Crippen LogP contribution in [-0.4, -0.2) is 67.4 Å². The Labute approximate surface area is 148 Å². The maximum absolute atomic E-state index is 12.4. The number of benzene rings is 1. The van der Waals surface area contributed by atoms with Crippen molar-refractivity contribution in [3.05, 3.63) is 24.3 Å². The molecule has 0 aromatic heterocycles. The van der Waals surface area contributed by atoms with E-state index in [0.717, 1.165) is 0 Å². The summed E-state index contributed by atoms with van der Waals surface area (Å²) in [5, 5.41) is 0. The van der Waals surface area contributed by atoms with Crippen molar-refractivity contribution in [1.82, 2.24) is 9.80 Å². The van der Waals surface area contributed by atoms with E-state index in [1.54, 1.807) is 33.9 Å². The Morgan fingerprint density at radius 2 is 1.64 bits per heavy atom. The molecule has 0 aliphatic carbocycles. The fraction of sp³-hybridized carbons (Fsp3) is 0.500. The van der Waals surface area contributed by atoms with E-state index >= 15 is 0 Å². The first-order valence-electron chi connectivity index (χ1n) is 8.38. The summed E-state index contributed by atoms with van der Waals surface area (Å²) in [7, 11) is 1.55. The fourth-order valence-corrected chi connectivity index (χ4v) is 2.94. The van der Waals surface area contributed by atoms with Crippen molar-refractivity contribution in [3.8, 4) is 5.75 Å². The van der Waals surface area contributed by atoms with Gasteiger partial charge in [0.15, 0.2) is 0 Å². The van der Waals surface area contributed by atoms with Crippen molar-refractivity contribution in [2.24, 2.45) is 0 Å². The summed E-state index contributed by atoms with van der Waals surface area (Å²) >= 11 is 0. The number of amides is 3. The number of para-hydroxylation sites is 2. The average Bonchev–Trinajstić information content (AvgIpc) is 2.61. The molecule has 0 atom stereocenters. The van der Waals surface area contributed by atoms with Crippen molar-refractivity contribution in [2.75, 3.05) is 44.7 Å². The van der Waals surface area contributed by atoms with Gasteiger partial charge in [-0.1, -0.05) is 12.1 Å². The maximum atomic E-state index is 12.4. The highest BCUT2D eigenvalue weighted by atomic mass is 16.5. The van der Waals surface area contributed by atoms with E-state index in [-0.39, 0.29) is 24.1 Å². The van der Waals surface area contributed by atoms with Crippen LogP contribution in [0.3, 0.4) is 0 Å². The lowest BCUT2D eigenvalue weighted by Crippen LogP contribution is -2.50. The number of rotatable bonds is 5. The number of hydrogen-bond acceptors (Lipinski definition) is 4. The molecule has 1 aromatic carbocycles. The molecular formula is C18H25N3O4. The Balaban J connectivity index is 1.96. The zero-order valence-electron chi connectivity index (χ0n) is 15.0. The van der Waals surface area contributed by atoms with Gasteiger partial charge in [-0.05, 0) is 12.1 Å². The van der Waals surface area contributed by atoms with Crippen LogP contribution in [0.2, 0.25) is 0 Å². The molecule has 1 heterocycles. The van der Waals surface area contributed by atoms with E-state index in [2.05, 4.69) is 0 Å². The molecule has 25 heavy (non-hydrogen) atoms. The molecule has 0 N–H and O–H groups in total. The Bertz CT molecular complexity index is 639. The Kier molecular flexibility index (Phi) is 6.38. The van der Waals surface area contributed by atoms with Gasteiger partial charge < -0.3 is 19.4 Å². The van der Waals surface area contributed by atoms with Gasteiger partial charge in [0.05, 0.1) is 12.8 Å². The van der Waals surface area contributed by atoms with Gasteiger partial charge in [-0.25, -0.2) is 0 Å². The van der Waals surface area contributed by atoms with Crippen molar-refractivity contribution >= 4 is 23.4 Å². The highest BCUT2D eigenvalue weighted by Crippen LogP contribution is 2.28. The number of anilines is 1. The molecule has 0 spiro atoms. The summed E-state index contributed by atoms with van der Waals surface area (Å²) in [4.78, 5) is 40.9. The fourth-order valence-electron chi connectivity index (χ4n) is 2.94. The molecule has 1 saturated heterocycles. The van der Waals surface area contributed by atoms with Gasteiger partial charge in [-0.3, -0.25) is 14.4 Å². The van der Waals surface area contributed by atoms with E-state index in [0.29, 0.717) is 44.2 Å². The number of hydrogen-bond donors (Lipinski definition) is 0. The van der Waals surface area contributed by atoms with Crippen LogP contribution in [0.4, 0.5) is 5.69 Å². The Morgan fingerprint density at radius 3 is 2.20 bits per heavy atom. The number of carbonyl (C=O) groups excluding carboxylic acids is 3. The first-order valence-corrected chi connectivity index (χ1v) is 8.38. The monoisotopic (exact) mass is 347 g/mol. The largest absolute Gasteiger partial charge is 0.495 e. The quantitative estimate of drug-likeness (QED) is 0.801. The lowest BCUT2D eigenvalue weighted by atomic mass is 10.2. The second-order valence-corrected chi connectivity index (χ2v) is 5.98. The summed E-state index contributed by atoms with van der Waals surface area (Å²) in [5.41, 5.74) is 0.659. The topological polar surface area (TPSA) is 70.2 Å². The SMILES string of the molecule is COc1ccccc1N(CCC(=O)N1CCN(C(C)=O)CC1)C(C)=O. The summed E-state index contributed by atoms with van der Waals surface area (Å²) in [6.07, 6.45) is 0.234. The first kappa shape index (κ1) is 18.8. The molecule has 1 fully saturated rings. The number of carbonyl (C=O) groups is 3. The molecule has 1 aliphatic rings. The normalized spacial score (nSPS) is 14.2. The molecule has 0 bridgehead atoms. The lowest BCUT2D eigenvalue weighted by molar-refractivity contribution is -0.138. The third-order valence-corrected chi connectivity index (χ3v) is 4.38. The standard InChI is InChI=1S/C18H25N3O4/c1-14(22)19-10-12-20(13-11-19)18(24)8-9-21(15(2)23)16-6-4-5-7-17(16)25-3/h4-7H,8-13H2,1-3H3. The van der Waals surface area contributed by atoms with Gasteiger partial charge in [-0.2, -0.15) is 0 Å². The van der Waals surface area contributed by atoms with E-state index < -0.39 is 0 Å². The van der Waals surface area contributed by atoms with Crippen LogP contribution in [0.15, 0.2) is 24.3 Å². The molecule has 3 amide bonds. The zero-order chi connectivity index (χ0) is 18.4. The average molecular weight is 347 g/mol. The highest BCUT2D eigenvalue weighted by Gasteiger charge is 2.23. The van der Waals surface area contributed by atoms with Gasteiger partial charge in [0.2, 0.25) is 17.7 Å². The molecule has 0 saturated carbocycles. The van der Waals surface area contributed by atoms with Crippen LogP contribution in [0.5, 0.6) is 5.75 Å². The summed E-state index contributed by atoms with van der Waals surface area (Å²) in [6.45, 7) is 5.49. The molecule has 0 radical (unpaired) electrons. The van der Waals surface area contributed by atoms with Crippen LogP contribution >= 0.6 is 0 Å².